The van der Waals surface area contributed by atoms with Gasteiger partial charge in [-0.2, -0.15) is 0 Å². The third kappa shape index (κ3) is 11.2. The first-order chi connectivity index (χ1) is 51.1. The normalized spacial score (nSPS) is 14.2. The van der Waals surface area contributed by atoms with Crippen LogP contribution >= 0.6 is 0 Å². The molecule has 3 aliphatic rings. The Hall–Kier alpha value is -11.5. The van der Waals surface area contributed by atoms with E-state index in [-0.39, 0.29) is 33.5 Å². The highest BCUT2D eigenvalue weighted by Crippen LogP contribution is 2.65. The van der Waals surface area contributed by atoms with E-state index in [9.17, 15) is 0 Å². The second-order valence-corrected chi connectivity index (χ2v) is 34.0. The van der Waals surface area contributed by atoms with Crippen molar-refractivity contribution in [2.45, 2.75) is 123 Å². The Bertz CT molecular complexity index is 5690. The van der Waals surface area contributed by atoms with Crippen LogP contribution in [0, 0.1) is 0 Å². The summed E-state index contributed by atoms with van der Waals surface area (Å²) in [5.41, 5.74) is 37.4. The van der Waals surface area contributed by atoms with Gasteiger partial charge in [0.1, 0.15) is 0 Å². The van der Waals surface area contributed by atoms with Crippen LogP contribution in [0.1, 0.15) is 162 Å². The van der Waals surface area contributed by atoms with Crippen molar-refractivity contribution in [2.24, 2.45) is 0 Å². The number of anilines is 6. The molecule has 0 spiro atoms. The van der Waals surface area contributed by atoms with E-state index in [0.29, 0.717) is 0 Å². The van der Waals surface area contributed by atoms with Gasteiger partial charge in [0.2, 0.25) is 0 Å². The molecule has 15 aromatic rings. The number of nitrogens with zero attached hydrogens (tertiary/aromatic N) is 3. The Morgan fingerprint density at radius 3 is 1.08 bits per heavy atom. The second kappa shape index (κ2) is 25.1. The highest BCUT2D eigenvalue weighted by Gasteiger charge is 2.45. The minimum Gasteiger partial charge on any atom is -0.309 e. The lowest BCUT2D eigenvalue weighted by atomic mass is 9.71. The highest BCUT2D eigenvalue weighted by molar-refractivity contribution is 6.11. The van der Waals surface area contributed by atoms with E-state index in [1.54, 1.807) is 0 Å². The number of rotatable bonds is 9. The molecule has 0 fully saturated rings. The summed E-state index contributed by atoms with van der Waals surface area (Å²) < 4.78 is 2.52. The number of aromatic nitrogens is 1. The van der Waals surface area contributed by atoms with Crippen molar-refractivity contribution in [2.75, 3.05) is 9.80 Å². The molecule has 106 heavy (non-hydrogen) atoms. The van der Waals surface area contributed by atoms with Gasteiger partial charge in [0.15, 0.2) is 0 Å². The summed E-state index contributed by atoms with van der Waals surface area (Å²) in [4.78, 5) is 5.50. The Morgan fingerprint density at radius 2 is 0.651 bits per heavy atom. The molecule has 518 valence electrons. The summed E-state index contributed by atoms with van der Waals surface area (Å²) in [6, 6.07) is 120. The predicted octanol–water partition coefficient (Wildman–Crippen LogP) is 28.1. The molecule has 3 heterocycles. The second-order valence-electron chi connectivity index (χ2n) is 34.0. The molecule has 18 rings (SSSR count). The molecule has 1 atom stereocenters. The van der Waals surface area contributed by atoms with Crippen molar-refractivity contribution in [1.29, 1.82) is 0 Å². The van der Waals surface area contributed by atoms with Crippen molar-refractivity contribution >= 4 is 55.9 Å². The van der Waals surface area contributed by atoms with Crippen LogP contribution in [-0.2, 0) is 28.1 Å². The van der Waals surface area contributed by atoms with Gasteiger partial charge in [0, 0.05) is 56.1 Å². The molecular weight excluding hydrogens is 1280 g/mol. The molecule has 0 radical (unpaired) electrons. The maximum absolute atomic E-state index is 2.76. The first-order valence-corrected chi connectivity index (χ1v) is 38.1. The smallest absolute Gasteiger partial charge is 0.0618 e. The first-order valence-electron chi connectivity index (χ1n) is 38.1. The zero-order chi connectivity index (χ0) is 72.7. The van der Waals surface area contributed by atoms with Crippen molar-refractivity contribution in [3.63, 3.8) is 0 Å². The first kappa shape index (κ1) is 66.4. The van der Waals surface area contributed by atoms with Crippen LogP contribution in [0.4, 0.5) is 34.1 Å². The summed E-state index contributed by atoms with van der Waals surface area (Å²) >= 11 is 0. The fourth-order valence-electron chi connectivity index (χ4n) is 17.6. The van der Waals surface area contributed by atoms with Gasteiger partial charge in [0.25, 0.3) is 0 Å². The summed E-state index contributed by atoms with van der Waals surface area (Å²) in [7, 11) is 0. The summed E-state index contributed by atoms with van der Waals surface area (Å²) in [5.74, 6) is -0.370. The van der Waals surface area contributed by atoms with Crippen molar-refractivity contribution in [3.05, 3.63) is 376 Å². The fraction of sp³-hybridized carbons (Fsp3) is 0.184. The molecule has 1 aromatic heterocycles. The Labute approximate surface area is 626 Å². The molecule has 0 saturated heterocycles. The standard InChI is InChI=1S/C103H91N3/c1-100(2,3)74-49-40-66(41-50-74)81-34-24-35-82(67-42-51-75(52-43-67)101(4,5)6)98(81)105-91-59-48-70(65-26-14-13-15-27-65)61-88(91)96-87-58-57-78(104-89-38-22-20-32-85(89)86-33-21-23-39-90(86)104)64-92(87)106(94-63-73(62-93(105)97(94)96)95-79-30-18-16-28-71(79)60-72-29-17-19-31-80(72)95)99-83(68-44-53-76(54-45-68)102(7,8)9)36-25-37-84(99)69-46-55-77(56-47-69)103(10,11)12/h13-59,61-64,95-96H,60H2,1-12H3. The largest absolute Gasteiger partial charge is 0.309 e. The van der Waals surface area contributed by atoms with Gasteiger partial charge in [-0.1, -0.05) is 344 Å². The lowest BCUT2D eigenvalue weighted by molar-refractivity contribution is 0.590. The molecule has 14 aromatic carbocycles. The van der Waals surface area contributed by atoms with Crippen LogP contribution in [-0.4, -0.2) is 4.57 Å². The van der Waals surface area contributed by atoms with E-state index in [4.69, 9.17) is 0 Å². The number of para-hydroxylation sites is 4. The predicted molar refractivity (Wildman–Crippen MR) is 450 cm³/mol. The zero-order valence-corrected chi connectivity index (χ0v) is 63.1. The lowest BCUT2D eigenvalue weighted by Crippen LogP contribution is -2.31. The van der Waals surface area contributed by atoms with Crippen LogP contribution in [0.15, 0.2) is 309 Å². The van der Waals surface area contributed by atoms with E-state index >= 15 is 0 Å². The highest BCUT2D eigenvalue weighted by atomic mass is 15.2. The molecule has 2 aliphatic heterocycles. The van der Waals surface area contributed by atoms with Gasteiger partial charge in [-0.3, -0.25) is 0 Å². The molecule has 3 nitrogen and oxygen atoms in total. The molecule has 1 unspecified atom stereocenters. The van der Waals surface area contributed by atoms with E-state index in [0.717, 1.165) is 79.6 Å². The van der Waals surface area contributed by atoms with E-state index < -0.39 is 0 Å². The van der Waals surface area contributed by atoms with Gasteiger partial charge in [-0.15, -0.1) is 0 Å². The van der Waals surface area contributed by atoms with E-state index in [1.165, 1.54) is 111 Å². The number of fused-ring (bicyclic) bond motifs is 9. The molecule has 0 N–H and O–H groups in total. The van der Waals surface area contributed by atoms with Crippen molar-refractivity contribution < 1.29 is 0 Å². The van der Waals surface area contributed by atoms with Gasteiger partial charge in [-0.05, 0) is 171 Å². The SMILES string of the molecule is CC(C)(C)c1ccc(-c2cccc(-c3ccc(C(C)(C)C)cc3)c2N2c3ccc(-c4ccccc4)cc3C3c4ccc(-n5c6ccccc6c6ccccc65)cc4N(c4c(-c5ccc(C(C)(C)C)cc5)cccc4-c4ccc(C(C)(C)C)cc4)c4cc(C5c6ccccc6Cc6ccccc65)cc2c43)cc1. The molecule has 1 aliphatic carbocycles. The van der Waals surface area contributed by atoms with E-state index in [1.807, 2.05) is 0 Å². The minimum atomic E-state index is -0.251. The third-order valence-electron chi connectivity index (χ3n) is 23.2. The summed E-state index contributed by atoms with van der Waals surface area (Å²) in [6.07, 6.45) is 0.870. The maximum atomic E-state index is 2.76. The fourth-order valence-corrected chi connectivity index (χ4v) is 17.6. The van der Waals surface area contributed by atoms with Crippen molar-refractivity contribution in [3.8, 4) is 61.3 Å². The molecule has 0 saturated carbocycles. The Kier molecular flexibility index (Phi) is 15.7. The topological polar surface area (TPSA) is 11.4 Å². The zero-order valence-electron chi connectivity index (χ0n) is 63.1. The average molecular weight is 1370 g/mol. The van der Waals surface area contributed by atoms with E-state index in [2.05, 4.69) is 407 Å². The quantitative estimate of drug-likeness (QED) is 0.143. The van der Waals surface area contributed by atoms with Crippen LogP contribution in [0.5, 0.6) is 0 Å². The van der Waals surface area contributed by atoms with Crippen LogP contribution < -0.4 is 9.80 Å². The average Bonchev–Trinajstić information content (AvgIpc) is 0.690. The number of benzene rings is 14. The minimum absolute atomic E-state index is 0.0399. The molecule has 3 heteroatoms. The third-order valence-corrected chi connectivity index (χ3v) is 23.2. The number of hydrogen-bond donors (Lipinski definition) is 0. The lowest BCUT2D eigenvalue weighted by Gasteiger charge is -2.47. The molecule has 0 bridgehead atoms. The molecular formula is C103H91N3. The Balaban J connectivity index is 1.03. The van der Waals surface area contributed by atoms with Gasteiger partial charge >= 0.3 is 0 Å². The summed E-state index contributed by atoms with van der Waals surface area (Å²) in [6.45, 7) is 27.8. The van der Waals surface area contributed by atoms with Gasteiger partial charge < -0.3 is 14.4 Å². The van der Waals surface area contributed by atoms with Crippen LogP contribution in [0.2, 0.25) is 0 Å². The summed E-state index contributed by atoms with van der Waals surface area (Å²) in [5, 5.41) is 2.46. The number of hydrogen-bond acceptors (Lipinski definition) is 2. The van der Waals surface area contributed by atoms with Crippen LogP contribution in [0.25, 0.3) is 83.1 Å². The van der Waals surface area contributed by atoms with Crippen LogP contribution in [0.3, 0.4) is 0 Å². The van der Waals surface area contributed by atoms with Crippen molar-refractivity contribution in [1.82, 2.24) is 4.57 Å². The van der Waals surface area contributed by atoms with Gasteiger partial charge in [0.05, 0.1) is 45.2 Å². The molecule has 0 amide bonds. The monoisotopic (exact) mass is 1370 g/mol. The Morgan fingerprint density at radius 1 is 0.264 bits per heavy atom. The maximum Gasteiger partial charge on any atom is 0.0618 e. The van der Waals surface area contributed by atoms with Gasteiger partial charge in [-0.25, -0.2) is 0 Å².